The van der Waals surface area contributed by atoms with Crippen molar-refractivity contribution in [3.8, 4) is 0 Å². The normalized spacial score (nSPS) is 31.4. The number of nitrogens with one attached hydrogen (secondary N) is 1. The maximum Gasteiger partial charge on any atom is 0.226 e. The summed E-state index contributed by atoms with van der Waals surface area (Å²) in [7, 11) is 0. The summed E-state index contributed by atoms with van der Waals surface area (Å²) in [5, 5.41) is 3.12. The van der Waals surface area contributed by atoms with E-state index in [9.17, 15) is 4.79 Å². The summed E-state index contributed by atoms with van der Waals surface area (Å²) in [4.78, 5) is 12.3. The number of carbonyl (C=O) groups is 1. The number of halogens is 2. The number of hydrogen-bond donors (Lipinski definition) is 1. The van der Waals surface area contributed by atoms with Crippen LogP contribution in [0.4, 0.5) is 0 Å². The SMILES string of the molecule is CC(NC(=O)[C@]1(C)C[C@](C)(Br)C1)c1ccc(Br)cc1. The first-order valence-electron chi connectivity index (χ1n) is 6.47. The van der Waals surface area contributed by atoms with Gasteiger partial charge in [-0.3, -0.25) is 4.79 Å². The van der Waals surface area contributed by atoms with Crippen LogP contribution in [0.2, 0.25) is 0 Å². The Labute approximate surface area is 131 Å². The van der Waals surface area contributed by atoms with E-state index in [1.54, 1.807) is 0 Å². The van der Waals surface area contributed by atoms with E-state index < -0.39 is 0 Å². The molecule has 0 saturated heterocycles. The highest BCUT2D eigenvalue weighted by molar-refractivity contribution is 9.10. The lowest BCUT2D eigenvalue weighted by Crippen LogP contribution is -2.53. The van der Waals surface area contributed by atoms with Crippen molar-refractivity contribution in [2.45, 2.75) is 44.0 Å². The van der Waals surface area contributed by atoms with E-state index in [2.05, 4.69) is 44.1 Å². The van der Waals surface area contributed by atoms with Crippen LogP contribution >= 0.6 is 31.9 Å². The molecule has 1 aromatic rings. The van der Waals surface area contributed by atoms with Crippen molar-refractivity contribution in [1.82, 2.24) is 5.32 Å². The van der Waals surface area contributed by atoms with Crippen molar-refractivity contribution in [2.75, 3.05) is 0 Å². The summed E-state index contributed by atoms with van der Waals surface area (Å²) in [6, 6.07) is 8.11. The monoisotopic (exact) mass is 387 g/mol. The molecule has 1 amide bonds. The Kier molecular flexibility index (Phi) is 4.12. The van der Waals surface area contributed by atoms with E-state index in [-0.39, 0.29) is 21.7 Å². The zero-order valence-electron chi connectivity index (χ0n) is 11.5. The molecule has 0 heterocycles. The average Bonchev–Trinajstić information content (AvgIpc) is 2.26. The predicted octanol–water partition coefficient (Wildman–Crippen LogP) is 4.58. The molecular formula is C15H19Br2NO. The first-order chi connectivity index (χ1) is 8.72. The van der Waals surface area contributed by atoms with Gasteiger partial charge in [0.05, 0.1) is 6.04 Å². The van der Waals surface area contributed by atoms with Crippen LogP contribution in [-0.2, 0) is 4.79 Å². The van der Waals surface area contributed by atoms with Gasteiger partial charge in [-0.05, 0) is 44.4 Å². The molecule has 1 saturated carbocycles. The van der Waals surface area contributed by atoms with Gasteiger partial charge >= 0.3 is 0 Å². The first-order valence-corrected chi connectivity index (χ1v) is 8.06. The Morgan fingerprint density at radius 1 is 1.26 bits per heavy atom. The summed E-state index contributed by atoms with van der Waals surface area (Å²) in [5.74, 6) is 0.153. The van der Waals surface area contributed by atoms with Gasteiger partial charge in [-0.15, -0.1) is 0 Å². The van der Waals surface area contributed by atoms with E-state index in [4.69, 9.17) is 0 Å². The smallest absolute Gasteiger partial charge is 0.226 e. The van der Waals surface area contributed by atoms with Crippen LogP contribution in [0.5, 0.6) is 0 Å². The largest absolute Gasteiger partial charge is 0.349 e. The lowest BCUT2D eigenvalue weighted by molar-refractivity contribution is -0.136. The van der Waals surface area contributed by atoms with Crippen molar-refractivity contribution in [3.05, 3.63) is 34.3 Å². The fourth-order valence-corrected chi connectivity index (χ4v) is 4.44. The van der Waals surface area contributed by atoms with Gasteiger partial charge in [0.15, 0.2) is 0 Å². The van der Waals surface area contributed by atoms with Crippen LogP contribution in [-0.4, -0.2) is 10.2 Å². The molecule has 1 aliphatic carbocycles. The molecule has 2 nitrogen and oxygen atoms in total. The predicted molar refractivity (Wildman–Crippen MR) is 85.4 cm³/mol. The third-order valence-electron chi connectivity index (χ3n) is 3.78. The van der Waals surface area contributed by atoms with Gasteiger partial charge in [0, 0.05) is 14.2 Å². The fraction of sp³-hybridized carbons (Fsp3) is 0.533. The van der Waals surface area contributed by atoms with Crippen LogP contribution in [0.15, 0.2) is 28.7 Å². The lowest BCUT2D eigenvalue weighted by atomic mass is 9.63. The van der Waals surface area contributed by atoms with Gasteiger partial charge in [0.2, 0.25) is 5.91 Å². The summed E-state index contributed by atoms with van der Waals surface area (Å²) in [6.07, 6.45) is 1.78. The quantitative estimate of drug-likeness (QED) is 0.754. The maximum absolute atomic E-state index is 12.3. The summed E-state index contributed by atoms with van der Waals surface area (Å²) >= 11 is 7.06. The zero-order chi connectivity index (χ0) is 14.3. The van der Waals surface area contributed by atoms with Gasteiger partial charge in [-0.1, -0.05) is 50.9 Å². The molecule has 4 heteroatoms. The van der Waals surface area contributed by atoms with Crippen LogP contribution in [0.1, 0.15) is 45.2 Å². The first kappa shape index (κ1) is 15.0. The Morgan fingerprint density at radius 3 is 2.26 bits per heavy atom. The van der Waals surface area contributed by atoms with Gasteiger partial charge in [0.25, 0.3) is 0 Å². The maximum atomic E-state index is 12.3. The number of rotatable bonds is 3. The third-order valence-corrected chi connectivity index (χ3v) is 4.87. The molecule has 1 fully saturated rings. The van der Waals surface area contributed by atoms with Gasteiger partial charge in [-0.25, -0.2) is 0 Å². The topological polar surface area (TPSA) is 29.1 Å². The Balaban J connectivity index is 1.98. The Hall–Kier alpha value is -0.350. The zero-order valence-corrected chi connectivity index (χ0v) is 14.6. The molecule has 1 aliphatic rings. The molecule has 0 aliphatic heterocycles. The van der Waals surface area contributed by atoms with Crippen LogP contribution in [0.25, 0.3) is 0 Å². The third kappa shape index (κ3) is 3.40. The molecule has 0 spiro atoms. The van der Waals surface area contributed by atoms with E-state index in [0.29, 0.717) is 0 Å². The second-order valence-electron chi connectivity index (χ2n) is 6.07. The Bertz CT molecular complexity index is 473. The molecule has 1 N–H and O–H groups in total. The molecule has 0 bridgehead atoms. The van der Waals surface area contributed by atoms with Crippen LogP contribution in [0, 0.1) is 5.41 Å². The van der Waals surface area contributed by atoms with Crippen molar-refractivity contribution in [1.29, 1.82) is 0 Å². The summed E-state index contributed by atoms with van der Waals surface area (Å²) < 4.78 is 1.18. The molecule has 0 radical (unpaired) electrons. The molecule has 0 aromatic heterocycles. The molecule has 2 rings (SSSR count). The summed E-state index contributed by atoms with van der Waals surface area (Å²) in [6.45, 7) is 6.20. The Morgan fingerprint density at radius 2 is 1.79 bits per heavy atom. The van der Waals surface area contributed by atoms with Gasteiger partial charge in [-0.2, -0.15) is 0 Å². The number of hydrogen-bond acceptors (Lipinski definition) is 1. The minimum absolute atomic E-state index is 0.0413. The highest BCUT2D eigenvalue weighted by atomic mass is 79.9. The van der Waals surface area contributed by atoms with Crippen molar-refractivity contribution in [3.63, 3.8) is 0 Å². The second kappa shape index (κ2) is 5.21. The highest BCUT2D eigenvalue weighted by Gasteiger charge is 2.52. The van der Waals surface area contributed by atoms with Gasteiger partial charge in [0.1, 0.15) is 0 Å². The molecule has 1 unspecified atom stereocenters. The van der Waals surface area contributed by atoms with Crippen molar-refractivity contribution >= 4 is 37.8 Å². The molecular weight excluding hydrogens is 370 g/mol. The number of alkyl halides is 1. The minimum Gasteiger partial charge on any atom is -0.349 e. The molecule has 104 valence electrons. The van der Waals surface area contributed by atoms with E-state index in [0.717, 1.165) is 22.9 Å². The number of amides is 1. The van der Waals surface area contributed by atoms with E-state index in [1.165, 1.54) is 0 Å². The highest BCUT2D eigenvalue weighted by Crippen LogP contribution is 2.53. The van der Waals surface area contributed by atoms with E-state index in [1.807, 2.05) is 38.1 Å². The fourth-order valence-electron chi connectivity index (χ4n) is 2.94. The van der Waals surface area contributed by atoms with Crippen LogP contribution in [0.3, 0.4) is 0 Å². The van der Waals surface area contributed by atoms with E-state index >= 15 is 0 Å². The number of benzene rings is 1. The standard InChI is InChI=1S/C15H19Br2NO/c1-10(11-4-6-12(16)7-5-11)18-13(19)14(2)8-15(3,17)9-14/h4-7,10H,8-9H2,1-3H3,(H,18,19)/t10?,14-,15+. The van der Waals surface area contributed by atoms with Crippen molar-refractivity contribution in [2.24, 2.45) is 5.41 Å². The second-order valence-corrected chi connectivity index (χ2v) is 8.90. The lowest BCUT2D eigenvalue weighted by Gasteiger charge is -2.48. The molecule has 19 heavy (non-hydrogen) atoms. The summed E-state index contributed by atoms with van der Waals surface area (Å²) in [5.41, 5.74) is 0.892. The number of carbonyl (C=O) groups excluding carboxylic acids is 1. The van der Waals surface area contributed by atoms with Gasteiger partial charge < -0.3 is 5.32 Å². The minimum atomic E-state index is -0.234. The van der Waals surface area contributed by atoms with Crippen LogP contribution < -0.4 is 5.32 Å². The van der Waals surface area contributed by atoms with Crippen molar-refractivity contribution < 1.29 is 4.79 Å². The molecule has 1 aromatic carbocycles. The average molecular weight is 389 g/mol. The molecule has 1 atom stereocenters.